The van der Waals surface area contributed by atoms with Gasteiger partial charge >= 0.3 is 0 Å². The Bertz CT molecular complexity index is 1030. The standard InChI is InChI=1S/C23H30N6O/c1-4-23(2,3)27-21-15-28(11-12-29(21)20-7-5-6-10-25-20)22(30)19-14-16-13-17(24)8-9-18(16)26-19/h5-10,13-14,21,26-27H,4,11-12,15,24H2,1-3H3. The number of aromatic nitrogens is 2. The van der Waals surface area contributed by atoms with Gasteiger partial charge < -0.3 is 20.5 Å². The number of amides is 1. The van der Waals surface area contributed by atoms with E-state index in [0.29, 0.717) is 31.0 Å². The number of H-pyrrole nitrogens is 1. The van der Waals surface area contributed by atoms with Gasteiger partial charge in [-0.25, -0.2) is 4.98 Å². The molecule has 3 aromatic rings. The van der Waals surface area contributed by atoms with Crippen molar-refractivity contribution in [3.63, 3.8) is 0 Å². The van der Waals surface area contributed by atoms with Crippen molar-refractivity contribution in [2.45, 2.75) is 38.9 Å². The van der Waals surface area contributed by atoms with Crippen LogP contribution in [0.3, 0.4) is 0 Å². The quantitative estimate of drug-likeness (QED) is 0.566. The van der Waals surface area contributed by atoms with Gasteiger partial charge in [0.1, 0.15) is 11.5 Å². The first-order chi connectivity index (χ1) is 14.4. The molecule has 1 unspecified atom stereocenters. The lowest BCUT2D eigenvalue weighted by molar-refractivity contribution is 0.0692. The number of carbonyl (C=O) groups is 1. The second-order valence-corrected chi connectivity index (χ2v) is 8.56. The van der Waals surface area contributed by atoms with E-state index in [2.05, 4.69) is 41.0 Å². The summed E-state index contributed by atoms with van der Waals surface area (Å²) in [4.78, 5) is 25.2. The Kier molecular flexibility index (Phi) is 5.39. The van der Waals surface area contributed by atoms with Gasteiger partial charge in [0.25, 0.3) is 5.91 Å². The number of rotatable bonds is 5. The van der Waals surface area contributed by atoms with Crippen LogP contribution in [0, 0.1) is 0 Å². The molecule has 1 atom stereocenters. The Morgan fingerprint density at radius 1 is 1.27 bits per heavy atom. The Balaban J connectivity index is 1.58. The highest BCUT2D eigenvalue weighted by atomic mass is 16.2. The van der Waals surface area contributed by atoms with Crippen LogP contribution >= 0.6 is 0 Å². The highest BCUT2D eigenvalue weighted by Crippen LogP contribution is 2.23. The van der Waals surface area contributed by atoms with Crippen molar-refractivity contribution in [2.24, 2.45) is 0 Å². The number of nitrogens with zero attached hydrogens (tertiary/aromatic N) is 3. The van der Waals surface area contributed by atoms with Crippen LogP contribution < -0.4 is 16.0 Å². The Labute approximate surface area is 177 Å². The van der Waals surface area contributed by atoms with Gasteiger partial charge in [-0.05, 0) is 56.7 Å². The smallest absolute Gasteiger partial charge is 0.270 e. The van der Waals surface area contributed by atoms with E-state index in [1.807, 2.05) is 53.6 Å². The van der Waals surface area contributed by atoms with Gasteiger partial charge in [0.2, 0.25) is 0 Å². The number of nitrogens with one attached hydrogen (secondary N) is 2. The fourth-order valence-electron chi connectivity index (χ4n) is 3.88. The molecule has 1 aromatic carbocycles. The molecule has 0 bridgehead atoms. The van der Waals surface area contributed by atoms with Crippen LogP contribution in [0.5, 0.6) is 0 Å². The molecule has 0 spiro atoms. The van der Waals surface area contributed by atoms with Crippen molar-refractivity contribution in [3.8, 4) is 0 Å². The number of pyridine rings is 1. The minimum Gasteiger partial charge on any atom is -0.399 e. The van der Waals surface area contributed by atoms with Gasteiger partial charge in [-0.1, -0.05) is 13.0 Å². The number of fused-ring (bicyclic) bond motifs is 1. The zero-order chi connectivity index (χ0) is 21.3. The van der Waals surface area contributed by atoms with Crippen LogP contribution in [-0.4, -0.2) is 52.1 Å². The molecular weight excluding hydrogens is 376 g/mol. The molecule has 0 saturated carbocycles. The molecule has 4 rings (SSSR count). The largest absolute Gasteiger partial charge is 0.399 e. The Morgan fingerprint density at radius 3 is 2.83 bits per heavy atom. The van der Waals surface area contributed by atoms with Crippen LogP contribution in [0.1, 0.15) is 37.7 Å². The lowest BCUT2D eigenvalue weighted by Crippen LogP contribution is -2.64. The van der Waals surface area contributed by atoms with E-state index < -0.39 is 0 Å². The summed E-state index contributed by atoms with van der Waals surface area (Å²) in [5.74, 6) is 0.932. The molecule has 2 aromatic heterocycles. The fourth-order valence-corrected chi connectivity index (χ4v) is 3.88. The number of aromatic amines is 1. The van der Waals surface area contributed by atoms with Gasteiger partial charge in [0.15, 0.2) is 0 Å². The third-order valence-electron chi connectivity index (χ3n) is 5.93. The SMILES string of the molecule is CCC(C)(C)NC1CN(C(=O)c2cc3cc(N)ccc3[nH]2)CCN1c1ccccn1. The van der Waals surface area contributed by atoms with E-state index >= 15 is 0 Å². The number of carbonyl (C=O) groups excluding carboxylic acids is 1. The average molecular weight is 407 g/mol. The van der Waals surface area contributed by atoms with E-state index in [9.17, 15) is 4.79 Å². The van der Waals surface area contributed by atoms with E-state index in [4.69, 9.17) is 5.73 Å². The fraction of sp³-hybridized carbons (Fsp3) is 0.391. The van der Waals surface area contributed by atoms with Crippen molar-refractivity contribution in [1.29, 1.82) is 0 Å². The minimum atomic E-state index is -0.0532. The van der Waals surface area contributed by atoms with Crippen LogP contribution in [0.4, 0.5) is 11.5 Å². The predicted octanol–water partition coefficient (Wildman–Crippen LogP) is 3.21. The van der Waals surface area contributed by atoms with Gasteiger partial charge in [0.05, 0.1) is 12.7 Å². The molecule has 7 heteroatoms. The number of hydrogen-bond acceptors (Lipinski definition) is 5. The molecule has 1 amide bonds. The van der Waals surface area contributed by atoms with Crippen LogP contribution in [-0.2, 0) is 0 Å². The van der Waals surface area contributed by atoms with E-state index in [0.717, 1.165) is 23.1 Å². The zero-order valence-corrected chi connectivity index (χ0v) is 17.9. The summed E-state index contributed by atoms with van der Waals surface area (Å²) in [6.07, 6.45) is 2.77. The van der Waals surface area contributed by atoms with Gasteiger partial charge in [0, 0.05) is 41.4 Å². The maximum Gasteiger partial charge on any atom is 0.270 e. The van der Waals surface area contributed by atoms with Crippen molar-refractivity contribution < 1.29 is 4.79 Å². The average Bonchev–Trinajstić information content (AvgIpc) is 3.16. The second kappa shape index (κ2) is 7.99. The summed E-state index contributed by atoms with van der Waals surface area (Å²) in [6.45, 7) is 8.47. The third-order valence-corrected chi connectivity index (χ3v) is 5.93. The summed E-state index contributed by atoms with van der Waals surface area (Å²) >= 11 is 0. The maximum atomic E-state index is 13.3. The molecule has 3 heterocycles. The monoisotopic (exact) mass is 406 g/mol. The summed E-state index contributed by atoms with van der Waals surface area (Å²) in [7, 11) is 0. The highest BCUT2D eigenvalue weighted by molar-refractivity contribution is 5.98. The molecular formula is C23H30N6O. The Morgan fingerprint density at radius 2 is 2.10 bits per heavy atom. The number of anilines is 2. The molecule has 4 N–H and O–H groups in total. The minimum absolute atomic E-state index is 0.00606. The zero-order valence-electron chi connectivity index (χ0n) is 17.9. The molecule has 1 fully saturated rings. The predicted molar refractivity (Wildman–Crippen MR) is 121 cm³/mol. The lowest BCUT2D eigenvalue weighted by Gasteiger charge is -2.45. The molecule has 0 radical (unpaired) electrons. The highest BCUT2D eigenvalue weighted by Gasteiger charge is 2.34. The van der Waals surface area contributed by atoms with Gasteiger partial charge in [-0.2, -0.15) is 0 Å². The van der Waals surface area contributed by atoms with E-state index in [1.54, 1.807) is 0 Å². The molecule has 1 aliphatic heterocycles. The lowest BCUT2D eigenvalue weighted by atomic mass is 10.0. The molecule has 30 heavy (non-hydrogen) atoms. The van der Waals surface area contributed by atoms with Crippen molar-refractivity contribution >= 4 is 28.3 Å². The van der Waals surface area contributed by atoms with Crippen molar-refractivity contribution in [2.75, 3.05) is 30.3 Å². The number of benzene rings is 1. The first-order valence-electron chi connectivity index (χ1n) is 10.5. The van der Waals surface area contributed by atoms with Gasteiger partial charge in [-0.3, -0.25) is 10.1 Å². The van der Waals surface area contributed by atoms with Crippen molar-refractivity contribution in [1.82, 2.24) is 20.2 Å². The Hall–Kier alpha value is -3.06. The summed E-state index contributed by atoms with van der Waals surface area (Å²) in [5.41, 5.74) is 8.03. The molecule has 1 saturated heterocycles. The topological polar surface area (TPSA) is 90.3 Å². The molecule has 1 aliphatic rings. The van der Waals surface area contributed by atoms with Crippen LogP contribution in [0.15, 0.2) is 48.7 Å². The number of nitrogen functional groups attached to an aromatic ring is 1. The first kappa shape index (κ1) is 20.2. The number of nitrogens with two attached hydrogens (primary N) is 1. The third kappa shape index (κ3) is 4.11. The van der Waals surface area contributed by atoms with E-state index in [-0.39, 0.29) is 17.6 Å². The second-order valence-electron chi connectivity index (χ2n) is 8.56. The summed E-state index contributed by atoms with van der Waals surface area (Å²) in [6, 6.07) is 13.5. The van der Waals surface area contributed by atoms with Gasteiger partial charge in [-0.15, -0.1) is 0 Å². The summed E-state index contributed by atoms with van der Waals surface area (Å²) < 4.78 is 0. The number of piperazine rings is 1. The molecule has 158 valence electrons. The molecule has 0 aliphatic carbocycles. The van der Waals surface area contributed by atoms with Crippen molar-refractivity contribution in [3.05, 3.63) is 54.4 Å². The normalized spacial score (nSPS) is 17.5. The number of hydrogen-bond donors (Lipinski definition) is 3. The summed E-state index contributed by atoms with van der Waals surface area (Å²) in [5, 5.41) is 4.68. The van der Waals surface area contributed by atoms with Crippen LogP contribution in [0.25, 0.3) is 10.9 Å². The van der Waals surface area contributed by atoms with E-state index in [1.165, 1.54) is 0 Å². The maximum absolute atomic E-state index is 13.3. The van der Waals surface area contributed by atoms with Crippen LogP contribution in [0.2, 0.25) is 0 Å². The molecule has 7 nitrogen and oxygen atoms in total. The first-order valence-corrected chi connectivity index (χ1v) is 10.5.